The minimum atomic E-state index is 0.336. The van der Waals surface area contributed by atoms with E-state index in [0.717, 1.165) is 44.1 Å². The van der Waals surface area contributed by atoms with Gasteiger partial charge in [0, 0.05) is 33.0 Å². The second-order valence-electron chi connectivity index (χ2n) is 4.81. The Hall–Kier alpha value is -1.99. The summed E-state index contributed by atoms with van der Waals surface area (Å²) in [5, 5.41) is 3.84. The molecule has 0 N–H and O–H groups in total. The summed E-state index contributed by atoms with van der Waals surface area (Å²) in [4.78, 5) is 11.0. The highest BCUT2D eigenvalue weighted by atomic mass is 16.5. The first-order valence-corrected chi connectivity index (χ1v) is 6.97. The number of hydrogen-bond donors (Lipinski definition) is 0. The number of hydrogen-bond acceptors (Lipinski definition) is 7. The summed E-state index contributed by atoms with van der Waals surface area (Å²) in [6, 6.07) is 3.92. The highest BCUT2D eigenvalue weighted by Gasteiger charge is 2.13. The monoisotopic (exact) mass is 290 g/mol. The maximum atomic E-state index is 5.45. The molecule has 0 aromatic carbocycles. The number of anilines is 1. The third-order valence-electron chi connectivity index (χ3n) is 3.28. The Morgan fingerprint density at radius 1 is 1.29 bits per heavy atom. The third kappa shape index (κ3) is 3.37. The predicted octanol–water partition coefficient (Wildman–Crippen LogP) is 1.50. The van der Waals surface area contributed by atoms with Crippen LogP contribution in [-0.2, 0) is 16.1 Å². The molecular formula is C14H18N4O3. The van der Waals surface area contributed by atoms with Crippen molar-refractivity contribution in [3.8, 4) is 11.5 Å². The molecular weight excluding hydrogens is 272 g/mol. The average molecular weight is 290 g/mol. The Morgan fingerprint density at radius 3 is 3.05 bits per heavy atom. The Labute approximate surface area is 122 Å². The summed E-state index contributed by atoms with van der Waals surface area (Å²) >= 11 is 0. The number of methoxy groups -OCH3 is 1. The van der Waals surface area contributed by atoms with Gasteiger partial charge in [-0.15, -0.1) is 0 Å². The second kappa shape index (κ2) is 6.64. The van der Waals surface area contributed by atoms with Crippen LogP contribution in [0.1, 0.15) is 12.2 Å². The van der Waals surface area contributed by atoms with Crippen LogP contribution in [0.2, 0.25) is 0 Å². The van der Waals surface area contributed by atoms with Crippen LogP contribution in [0.4, 0.5) is 5.82 Å². The first kappa shape index (κ1) is 14.0. The van der Waals surface area contributed by atoms with Crippen LogP contribution in [0.3, 0.4) is 0 Å². The zero-order valence-corrected chi connectivity index (χ0v) is 12.0. The van der Waals surface area contributed by atoms with Crippen LogP contribution in [0.5, 0.6) is 0 Å². The van der Waals surface area contributed by atoms with Gasteiger partial charge in [0.05, 0.1) is 12.2 Å². The lowest BCUT2D eigenvalue weighted by Crippen LogP contribution is -2.26. The normalized spacial score (nSPS) is 16.0. The highest BCUT2D eigenvalue weighted by Crippen LogP contribution is 2.20. The molecule has 0 spiro atoms. The minimum Gasteiger partial charge on any atom is -0.380 e. The van der Waals surface area contributed by atoms with Gasteiger partial charge in [0.25, 0.3) is 5.89 Å². The van der Waals surface area contributed by atoms with Crippen molar-refractivity contribution in [2.45, 2.75) is 13.0 Å². The van der Waals surface area contributed by atoms with E-state index in [1.54, 1.807) is 13.3 Å². The van der Waals surface area contributed by atoms with Crippen molar-refractivity contribution >= 4 is 5.82 Å². The summed E-state index contributed by atoms with van der Waals surface area (Å²) in [5.74, 6) is 1.93. The molecule has 1 fully saturated rings. The fourth-order valence-corrected chi connectivity index (χ4v) is 2.23. The van der Waals surface area contributed by atoms with Gasteiger partial charge in [0.15, 0.2) is 5.82 Å². The van der Waals surface area contributed by atoms with Crippen molar-refractivity contribution < 1.29 is 14.0 Å². The summed E-state index contributed by atoms with van der Waals surface area (Å²) < 4.78 is 15.6. The first-order chi connectivity index (χ1) is 10.4. The van der Waals surface area contributed by atoms with Crippen molar-refractivity contribution in [3.05, 3.63) is 24.2 Å². The van der Waals surface area contributed by atoms with E-state index < -0.39 is 0 Å². The Morgan fingerprint density at radius 2 is 2.24 bits per heavy atom. The SMILES string of the molecule is COCc1noc(-c2ccc(N3CCCOCC3)nc2)n1. The van der Waals surface area contributed by atoms with E-state index in [1.807, 2.05) is 12.1 Å². The van der Waals surface area contributed by atoms with Crippen LogP contribution >= 0.6 is 0 Å². The second-order valence-corrected chi connectivity index (χ2v) is 4.81. The van der Waals surface area contributed by atoms with Gasteiger partial charge < -0.3 is 18.9 Å². The van der Waals surface area contributed by atoms with Gasteiger partial charge in [-0.2, -0.15) is 4.98 Å². The largest absolute Gasteiger partial charge is 0.380 e. The molecule has 0 radical (unpaired) electrons. The third-order valence-corrected chi connectivity index (χ3v) is 3.28. The standard InChI is InChI=1S/C14H18N4O3/c1-19-10-12-16-14(21-17-12)11-3-4-13(15-9-11)18-5-2-7-20-8-6-18/h3-4,9H,2,5-8,10H2,1H3. The first-order valence-electron chi connectivity index (χ1n) is 6.97. The van der Waals surface area contributed by atoms with E-state index in [0.29, 0.717) is 18.3 Å². The van der Waals surface area contributed by atoms with E-state index in [-0.39, 0.29) is 0 Å². The highest BCUT2D eigenvalue weighted by molar-refractivity contribution is 5.54. The molecule has 2 aromatic heterocycles. The Balaban J connectivity index is 1.73. The van der Waals surface area contributed by atoms with Crippen LogP contribution in [0.15, 0.2) is 22.9 Å². The van der Waals surface area contributed by atoms with Gasteiger partial charge in [-0.3, -0.25) is 0 Å². The molecule has 0 amide bonds. The molecule has 0 bridgehead atoms. The molecule has 1 aliphatic rings. The molecule has 2 aromatic rings. The lowest BCUT2D eigenvalue weighted by Gasteiger charge is -2.20. The van der Waals surface area contributed by atoms with Gasteiger partial charge in [0.2, 0.25) is 0 Å². The smallest absolute Gasteiger partial charge is 0.259 e. The van der Waals surface area contributed by atoms with Crippen LogP contribution in [0, 0.1) is 0 Å². The molecule has 0 atom stereocenters. The lowest BCUT2D eigenvalue weighted by atomic mass is 10.2. The maximum absolute atomic E-state index is 5.45. The molecule has 112 valence electrons. The summed E-state index contributed by atoms with van der Waals surface area (Å²) in [6.45, 7) is 3.73. The molecule has 7 nitrogen and oxygen atoms in total. The fraction of sp³-hybridized carbons (Fsp3) is 0.500. The molecule has 1 aliphatic heterocycles. The minimum absolute atomic E-state index is 0.336. The van der Waals surface area contributed by atoms with Gasteiger partial charge in [0.1, 0.15) is 12.4 Å². The van der Waals surface area contributed by atoms with Gasteiger partial charge >= 0.3 is 0 Å². The number of nitrogens with zero attached hydrogens (tertiary/aromatic N) is 4. The predicted molar refractivity (Wildman–Crippen MR) is 75.9 cm³/mol. The molecule has 0 unspecified atom stereocenters. The van der Waals surface area contributed by atoms with E-state index in [2.05, 4.69) is 20.0 Å². The molecule has 7 heteroatoms. The van der Waals surface area contributed by atoms with Crippen molar-refractivity contribution in [1.29, 1.82) is 0 Å². The Kier molecular flexibility index (Phi) is 4.42. The molecule has 0 aliphatic carbocycles. The van der Waals surface area contributed by atoms with E-state index >= 15 is 0 Å². The van der Waals surface area contributed by atoms with Gasteiger partial charge in [-0.05, 0) is 18.6 Å². The molecule has 0 saturated carbocycles. The molecule has 1 saturated heterocycles. The van der Waals surface area contributed by atoms with Crippen LogP contribution < -0.4 is 4.90 Å². The van der Waals surface area contributed by atoms with E-state index in [1.165, 1.54) is 0 Å². The number of rotatable bonds is 4. The number of ether oxygens (including phenoxy) is 2. The van der Waals surface area contributed by atoms with Crippen LogP contribution in [-0.4, -0.2) is 48.5 Å². The molecule has 3 rings (SSSR count). The van der Waals surface area contributed by atoms with Gasteiger partial charge in [-0.25, -0.2) is 4.98 Å². The fourth-order valence-electron chi connectivity index (χ4n) is 2.23. The van der Waals surface area contributed by atoms with Crippen LogP contribution in [0.25, 0.3) is 11.5 Å². The van der Waals surface area contributed by atoms with E-state index in [9.17, 15) is 0 Å². The zero-order valence-electron chi connectivity index (χ0n) is 12.0. The number of pyridine rings is 1. The Bertz CT molecular complexity index is 562. The molecule has 21 heavy (non-hydrogen) atoms. The van der Waals surface area contributed by atoms with E-state index in [4.69, 9.17) is 14.0 Å². The van der Waals surface area contributed by atoms with Crippen molar-refractivity contribution in [1.82, 2.24) is 15.1 Å². The maximum Gasteiger partial charge on any atom is 0.259 e. The average Bonchev–Trinajstić information content (AvgIpc) is 2.82. The molecule has 3 heterocycles. The summed E-state index contributed by atoms with van der Waals surface area (Å²) in [6.07, 6.45) is 2.78. The van der Waals surface area contributed by atoms with Crippen molar-refractivity contribution in [3.63, 3.8) is 0 Å². The quantitative estimate of drug-likeness (QED) is 0.844. The van der Waals surface area contributed by atoms with Crippen molar-refractivity contribution in [2.24, 2.45) is 0 Å². The van der Waals surface area contributed by atoms with Crippen molar-refractivity contribution in [2.75, 3.05) is 38.3 Å². The topological polar surface area (TPSA) is 73.5 Å². The summed E-state index contributed by atoms with van der Waals surface area (Å²) in [5.41, 5.74) is 0.805. The number of aromatic nitrogens is 3. The van der Waals surface area contributed by atoms with Gasteiger partial charge in [-0.1, -0.05) is 5.16 Å². The summed E-state index contributed by atoms with van der Waals surface area (Å²) in [7, 11) is 1.59. The lowest BCUT2D eigenvalue weighted by molar-refractivity contribution is 0.152. The zero-order chi connectivity index (χ0) is 14.5.